The van der Waals surface area contributed by atoms with Crippen LogP contribution >= 0.6 is 0 Å². The number of carbonyl (C=O) groups is 1. The summed E-state index contributed by atoms with van der Waals surface area (Å²) in [6, 6.07) is 10.3. The zero-order valence-corrected chi connectivity index (χ0v) is 12.0. The monoisotopic (exact) mass is 273 g/mol. The fourth-order valence-corrected chi connectivity index (χ4v) is 1.92. The number of benzene rings is 1. The largest absolute Gasteiger partial charge is 0.467 e. The Morgan fingerprint density at radius 1 is 1.35 bits per heavy atom. The summed E-state index contributed by atoms with van der Waals surface area (Å²) >= 11 is 0. The van der Waals surface area contributed by atoms with E-state index in [4.69, 9.17) is 4.42 Å². The summed E-state index contributed by atoms with van der Waals surface area (Å²) in [6.07, 6.45) is 1.42. The molecular formula is C16H19NO3. The first kappa shape index (κ1) is 14.3. The Kier molecular flexibility index (Phi) is 4.58. The van der Waals surface area contributed by atoms with Crippen molar-refractivity contribution >= 4 is 5.97 Å². The zero-order chi connectivity index (χ0) is 14.5. The van der Waals surface area contributed by atoms with Gasteiger partial charge in [-0.05, 0) is 25.5 Å². The van der Waals surface area contributed by atoms with Gasteiger partial charge in [-0.15, -0.1) is 0 Å². The standard InChI is InChI=1S/C16H19NO3/c1-11-4-6-13(7-5-11)12(2)17-9-15-8-14(10-20-15)16(18)19-3/h4-8,10,12,17H,9H2,1-3H3/t12-/m0/s1. The fraction of sp³-hybridized carbons (Fsp3) is 0.312. The van der Waals surface area contributed by atoms with Crippen molar-refractivity contribution in [2.45, 2.75) is 26.4 Å². The number of rotatable bonds is 5. The van der Waals surface area contributed by atoms with Crippen molar-refractivity contribution < 1.29 is 13.9 Å². The molecule has 0 spiro atoms. The predicted octanol–water partition coefficient (Wildman–Crippen LogP) is 3.23. The zero-order valence-electron chi connectivity index (χ0n) is 12.0. The van der Waals surface area contributed by atoms with Gasteiger partial charge in [-0.1, -0.05) is 29.8 Å². The first-order valence-corrected chi connectivity index (χ1v) is 6.56. The third kappa shape index (κ3) is 3.48. The van der Waals surface area contributed by atoms with Gasteiger partial charge in [0.15, 0.2) is 0 Å². The predicted molar refractivity (Wildman–Crippen MR) is 76.5 cm³/mol. The smallest absolute Gasteiger partial charge is 0.341 e. The Balaban J connectivity index is 1.93. The molecule has 0 aliphatic heterocycles. The summed E-state index contributed by atoms with van der Waals surface area (Å²) in [7, 11) is 1.35. The van der Waals surface area contributed by atoms with Crippen molar-refractivity contribution in [3.63, 3.8) is 0 Å². The lowest BCUT2D eigenvalue weighted by atomic mass is 10.1. The van der Waals surface area contributed by atoms with E-state index < -0.39 is 0 Å². The molecule has 0 bridgehead atoms. The van der Waals surface area contributed by atoms with Crippen LogP contribution in [0.5, 0.6) is 0 Å². The molecule has 0 fully saturated rings. The maximum atomic E-state index is 11.3. The van der Waals surface area contributed by atoms with E-state index in [0.29, 0.717) is 17.9 Å². The van der Waals surface area contributed by atoms with Gasteiger partial charge < -0.3 is 14.5 Å². The molecule has 0 aliphatic carbocycles. The summed E-state index contributed by atoms with van der Waals surface area (Å²) in [5.41, 5.74) is 2.90. The van der Waals surface area contributed by atoms with Crippen LogP contribution in [0.1, 0.15) is 40.2 Å². The molecule has 1 N–H and O–H groups in total. The van der Waals surface area contributed by atoms with Crippen LogP contribution < -0.4 is 5.32 Å². The van der Waals surface area contributed by atoms with E-state index in [9.17, 15) is 4.79 Å². The van der Waals surface area contributed by atoms with Crippen LogP contribution in [0.2, 0.25) is 0 Å². The van der Waals surface area contributed by atoms with Crippen molar-refractivity contribution in [1.82, 2.24) is 5.32 Å². The number of carbonyl (C=O) groups excluding carboxylic acids is 1. The van der Waals surface area contributed by atoms with Crippen molar-refractivity contribution in [2.75, 3.05) is 7.11 Å². The van der Waals surface area contributed by atoms with Crippen molar-refractivity contribution in [3.05, 3.63) is 59.0 Å². The second-order valence-electron chi connectivity index (χ2n) is 4.81. The SMILES string of the molecule is COC(=O)c1coc(CN[C@@H](C)c2ccc(C)cc2)c1. The minimum absolute atomic E-state index is 0.210. The molecular weight excluding hydrogens is 254 g/mol. The average Bonchev–Trinajstić information content (AvgIpc) is 2.93. The molecule has 4 heteroatoms. The van der Waals surface area contributed by atoms with Gasteiger partial charge in [-0.25, -0.2) is 4.79 Å². The van der Waals surface area contributed by atoms with Crippen LogP contribution in [0.3, 0.4) is 0 Å². The van der Waals surface area contributed by atoms with Gasteiger partial charge in [0, 0.05) is 6.04 Å². The average molecular weight is 273 g/mol. The molecule has 0 amide bonds. The van der Waals surface area contributed by atoms with Crippen molar-refractivity contribution in [3.8, 4) is 0 Å². The highest BCUT2D eigenvalue weighted by atomic mass is 16.5. The lowest BCUT2D eigenvalue weighted by Gasteiger charge is -2.13. The van der Waals surface area contributed by atoms with Crippen LogP contribution in [-0.4, -0.2) is 13.1 Å². The molecule has 20 heavy (non-hydrogen) atoms. The third-order valence-electron chi connectivity index (χ3n) is 3.23. The number of ether oxygens (including phenoxy) is 1. The van der Waals surface area contributed by atoms with Crippen molar-refractivity contribution in [2.24, 2.45) is 0 Å². The Morgan fingerprint density at radius 2 is 2.05 bits per heavy atom. The maximum Gasteiger partial charge on any atom is 0.341 e. The molecule has 2 rings (SSSR count). The van der Waals surface area contributed by atoms with Gasteiger partial charge in [0.2, 0.25) is 0 Å². The van der Waals surface area contributed by atoms with Gasteiger partial charge in [0.1, 0.15) is 12.0 Å². The quantitative estimate of drug-likeness (QED) is 0.850. The van der Waals surface area contributed by atoms with E-state index in [2.05, 4.69) is 48.2 Å². The highest BCUT2D eigenvalue weighted by molar-refractivity contribution is 5.88. The summed E-state index contributed by atoms with van der Waals surface area (Å²) < 4.78 is 9.97. The molecule has 4 nitrogen and oxygen atoms in total. The molecule has 0 saturated carbocycles. The van der Waals surface area contributed by atoms with E-state index >= 15 is 0 Å². The third-order valence-corrected chi connectivity index (χ3v) is 3.23. The molecule has 1 aromatic carbocycles. The van der Waals surface area contributed by atoms with Gasteiger partial charge in [-0.3, -0.25) is 0 Å². The maximum absolute atomic E-state index is 11.3. The lowest BCUT2D eigenvalue weighted by molar-refractivity contribution is 0.0600. The Bertz CT molecular complexity index is 572. The van der Waals surface area contributed by atoms with Crippen molar-refractivity contribution in [1.29, 1.82) is 0 Å². The molecule has 1 atom stereocenters. The lowest BCUT2D eigenvalue weighted by Crippen LogP contribution is -2.17. The van der Waals surface area contributed by atoms with E-state index in [-0.39, 0.29) is 12.0 Å². The minimum Gasteiger partial charge on any atom is -0.467 e. The van der Waals surface area contributed by atoms with Crippen LogP contribution in [0.25, 0.3) is 0 Å². The molecule has 2 aromatic rings. The fourth-order valence-electron chi connectivity index (χ4n) is 1.92. The molecule has 1 heterocycles. The van der Waals surface area contributed by atoms with Crippen LogP contribution in [0.4, 0.5) is 0 Å². The highest BCUT2D eigenvalue weighted by Gasteiger charge is 2.11. The molecule has 106 valence electrons. The van der Waals surface area contributed by atoms with Gasteiger partial charge in [0.05, 0.1) is 19.2 Å². The first-order chi connectivity index (χ1) is 9.60. The van der Waals surface area contributed by atoms with Crippen LogP contribution in [-0.2, 0) is 11.3 Å². The number of furan rings is 1. The normalized spacial score (nSPS) is 12.2. The van der Waals surface area contributed by atoms with E-state index in [1.807, 2.05) is 0 Å². The van der Waals surface area contributed by atoms with Gasteiger partial charge in [0.25, 0.3) is 0 Å². The Hall–Kier alpha value is -2.07. The summed E-state index contributed by atoms with van der Waals surface area (Å²) in [4.78, 5) is 11.3. The number of nitrogens with one attached hydrogen (secondary N) is 1. The summed E-state index contributed by atoms with van der Waals surface area (Å²) in [5.74, 6) is 0.330. The number of hydrogen-bond acceptors (Lipinski definition) is 4. The number of esters is 1. The number of aryl methyl sites for hydroxylation is 1. The van der Waals surface area contributed by atoms with Gasteiger partial charge >= 0.3 is 5.97 Å². The molecule has 0 aliphatic rings. The molecule has 0 radical (unpaired) electrons. The molecule has 0 unspecified atom stereocenters. The molecule has 0 saturated heterocycles. The van der Waals surface area contributed by atoms with E-state index in [1.54, 1.807) is 6.07 Å². The van der Waals surface area contributed by atoms with E-state index in [0.717, 1.165) is 0 Å². The minimum atomic E-state index is -0.383. The number of methoxy groups -OCH3 is 1. The van der Waals surface area contributed by atoms with E-state index in [1.165, 1.54) is 24.5 Å². The van der Waals surface area contributed by atoms with Crippen LogP contribution in [0, 0.1) is 6.92 Å². The number of hydrogen-bond donors (Lipinski definition) is 1. The highest BCUT2D eigenvalue weighted by Crippen LogP contribution is 2.15. The first-order valence-electron chi connectivity index (χ1n) is 6.56. The Labute approximate surface area is 118 Å². The summed E-state index contributed by atoms with van der Waals surface area (Å²) in [6.45, 7) is 4.72. The second kappa shape index (κ2) is 6.39. The summed E-state index contributed by atoms with van der Waals surface area (Å²) in [5, 5.41) is 3.36. The van der Waals surface area contributed by atoms with Crippen LogP contribution in [0.15, 0.2) is 41.0 Å². The van der Waals surface area contributed by atoms with Gasteiger partial charge in [-0.2, -0.15) is 0 Å². The molecule has 1 aromatic heterocycles. The Morgan fingerprint density at radius 3 is 2.70 bits per heavy atom. The second-order valence-corrected chi connectivity index (χ2v) is 4.81. The topological polar surface area (TPSA) is 51.5 Å².